The first-order valence-electron chi connectivity index (χ1n) is 6.14. The number of benzene rings is 1. The van der Waals surface area contributed by atoms with E-state index in [1.165, 1.54) is 0 Å². The van der Waals surface area contributed by atoms with E-state index in [4.69, 9.17) is 4.42 Å². The molecule has 102 valence electrons. The Hall–Kier alpha value is -0.580. The van der Waals surface area contributed by atoms with Crippen LogP contribution in [-0.4, -0.2) is 5.54 Å². The maximum Gasteiger partial charge on any atom is 0.135 e. The molecule has 1 aromatic heterocycles. The smallest absolute Gasteiger partial charge is 0.135 e. The van der Waals surface area contributed by atoms with Gasteiger partial charge >= 0.3 is 0 Å². The minimum absolute atomic E-state index is 0.0884. The van der Waals surface area contributed by atoms with Gasteiger partial charge in [-0.2, -0.15) is 0 Å². The molecular formula is C15H17Br2NO. The second kappa shape index (κ2) is 5.81. The molecule has 2 nitrogen and oxygen atoms in total. The van der Waals surface area contributed by atoms with Crippen LogP contribution in [-0.2, 0) is 6.54 Å². The van der Waals surface area contributed by atoms with E-state index in [1.54, 1.807) is 0 Å². The fraction of sp³-hybridized carbons (Fsp3) is 0.333. The van der Waals surface area contributed by atoms with Crippen molar-refractivity contribution in [3.05, 3.63) is 45.0 Å². The number of halogens is 2. The van der Waals surface area contributed by atoms with Crippen molar-refractivity contribution in [1.82, 2.24) is 5.32 Å². The third-order valence-corrected chi connectivity index (χ3v) is 3.80. The molecule has 0 aliphatic heterocycles. The first-order valence-corrected chi connectivity index (χ1v) is 7.73. The zero-order valence-corrected chi connectivity index (χ0v) is 14.4. The van der Waals surface area contributed by atoms with Crippen molar-refractivity contribution < 1.29 is 4.42 Å². The van der Waals surface area contributed by atoms with Gasteiger partial charge in [0, 0.05) is 20.0 Å². The first-order chi connectivity index (χ1) is 8.85. The largest absolute Gasteiger partial charge is 0.460 e. The molecule has 0 bridgehead atoms. The summed E-state index contributed by atoms with van der Waals surface area (Å²) in [7, 11) is 0. The van der Waals surface area contributed by atoms with E-state index in [-0.39, 0.29) is 5.54 Å². The average Bonchev–Trinajstić information content (AvgIpc) is 2.74. The number of nitrogens with one attached hydrogen (secondary N) is 1. The third kappa shape index (κ3) is 4.20. The normalized spacial score (nSPS) is 11.8. The quantitative estimate of drug-likeness (QED) is 0.767. The van der Waals surface area contributed by atoms with Crippen LogP contribution in [0.3, 0.4) is 0 Å². The molecule has 0 fully saturated rings. The van der Waals surface area contributed by atoms with Crippen LogP contribution in [0, 0.1) is 0 Å². The zero-order chi connectivity index (χ0) is 14.0. The second-order valence-corrected chi connectivity index (χ2v) is 7.26. The highest BCUT2D eigenvalue weighted by molar-refractivity contribution is 9.11. The Morgan fingerprint density at radius 3 is 2.47 bits per heavy atom. The van der Waals surface area contributed by atoms with Gasteiger partial charge in [0.05, 0.1) is 6.54 Å². The Balaban J connectivity index is 2.16. The summed E-state index contributed by atoms with van der Waals surface area (Å²) < 4.78 is 7.94. The fourth-order valence-electron chi connectivity index (χ4n) is 1.66. The van der Waals surface area contributed by atoms with E-state index in [0.29, 0.717) is 0 Å². The van der Waals surface area contributed by atoms with E-state index in [9.17, 15) is 0 Å². The Kier molecular flexibility index (Phi) is 4.54. The highest BCUT2D eigenvalue weighted by Crippen LogP contribution is 2.31. The summed E-state index contributed by atoms with van der Waals surface area (Å²) in [5.41, 5.74) is 1.15. The van der Waals surface area contributed by atoms with Crippen LogP contribution in [0.1, 0.15) is 26.5 Å². The van der Waals surface area contributed by atoms with Crippen molar-refractivity contribution in [3.8, 4) is 11.3 Å². The van der Waals surface area contributed by atoms with Gasteiger partial charge in [0.15, 0.2) is 0 Å². The number of rotatable bonds is 3. The minimum atomic E-state index is 0.0884. The van der Waals surface area contributed by atoms with Gasteiger partial charge in [-0.05, 0) is 67.0 Å². The van der Waals surface area contributed by atoms with Crippen molar-refractivity contribution in [2.75, 3.05) is 0 Å². The molecular weight excluding hydrogens is 370 g/mol. The van der Waals surface area contributed by atoms with Crippen molar-refractivity contribution in [3.63, 3.8) is 0 Å². The van der Waals surface area contributed by atoms with Gasteiger partial charge in [0.2, 0.25) is 0 Å². The standard InChI is InChI=1S/C15H17Br2NO/c1-15(2,3)18-9-11-5-7-14(19-11)12-6-4-10(16)8-13(12)17/h4-8,18H,9H2,1-3H3. The van der Waals surface area contributed by atoms with Crippen LogP contribution in [0.4, 0.5) is 0 Å². The van der Waals surface area contributed by atoms with Crippen LogP contribution in [0.2, 0.25) is 0 Å². The van der Waals surface area contributed by atoms with E-state index in [0.717, 1.165) is 32.6 Å². The number of furan rings is 1. The van der Waals surface area contributed by atoms with E-state index in [1.807, 2.05) is 30.3 Å². The maximum atomic E-state index is 5.88. The lowest BCUT2D eigenvalue weighted by Crippen LogP contribution is -2.34. The lowest BCUT2D eigenvalue weighted by molar-refractivity contribution is 0.391. The summed E-state index contributed by atoms with van der Waals surface area (Å²) in [6.07, 6.45) is 0. The highest BCUT2D eigenvalue weighted by atomic mass is 79.9. The van der Waals surface area contributed by atoms with Crippen LogP contribution in [0.25, 0.3) is 11.3 Å². The summed E-state index contributed by atoms with van der Waals surface area (Å²) in [6, 6.07) is 10.1. The molecule has 1 N–H and O–H groups in total. The molecule has 0 atom stereocenters. The van der Waals surface area contributed by atoms with Gasteiger partial charge in [0.25, 0.3) is 0 Å². The van der Waals surface area contributed by atoms with Gasteiger partial charge in [-0.3, -0.25) is 0 Å². The predicted octanol–water partition coefficient (Wildman–Crippen LogP) is 5.36. The molecule has 0 aliphatic carbocycles. The number of hydrogen-bond donors (Lipinski definition) is 1. The Morgan fingerprint density at radius 2 is 1.84 bits per heavy atom. The molecule has 1 aromatic carbocycles. The van der Waals surface area contributed by atoms with Gasteiger partial charge in [-0.1, -0.05) is 15.9 Å². The zero-order valence-electron chi connectivity index (χ0n) is 11.3. The molecule has 0 amide bonds. The van der Waals surface area contributed by atoms with E-state index in [2.05, 4.69) is 57.9 Å². The SMILES string of the molecule is CC(C)(C)NCc1ccc(-c2ccc(Br)cc2Br)o1. The summed E-state index contributed by atoms with van der Waals surface area (Å²) in [5.74, 6) is 1.82. The van der Waals surface area contributed by atoms with Gasteiger partial charge in [-0.15, -0.1) is 0 Å². The van der Waals surface area contributed by atoms with Gasteiger partial charge in [-0.25, -0.2) is 0 Å². The van der Waals surface area contributed by atoms with Crippen LogP contribution in [0.15, 0.2) is 43.7 Å². The molecule has 2 rings (SSSR count). The molecule has 2 aromatic rings. The highest BCUT2D eigenvalue weighted by Gasteiger charge is 2.12. The second-order valence-electron chi connectivity index (χ2n) is 5.49. The average molecular weight is 387 g/mol. The minimum Gasteiger partial charge on any atom is -0.460 e. The van der Waals surface area contributed by atoms with Crippen LogP contribution in [0.5, 0.6) is 0 Å². The molecule has 0 saturated heterocycles. The Morgan fingerprint density at radius 1 is 1.11 bits per heavy atom. The fourth-order valence-corrected chi connectivity index (χ4v) is 2.90. The Labute approximate surface area is 130 Å². The van der Waals surface area contributed by atoms with Crippen LogP contribution < -0.4 is 5.32 Å². The molecule has 0 unspecified atom stereocenters. The number of hydrogen-bond acceptors (Lipinski definition) is 2. The van der Waals surface area contributed by atoms with E-state index >= 15 is 0 Å². The summed E-state index contributed by atoms with van der Waals surface area (Å²) in [4.78, 5) is 0. The summed E-state index contributed by atoms with van der Waals surface area (Å²) in [6.45, 7) is 7.16. The maximum absolute atomic E-state index is 5.88. The molecule has 0 saturated carbocycles. The molecule has 1 heterocycles. The molecule has 0 radical (unpaired) electrons. The molecule has 4 heteroatoms. The van der Waals surface area contributed by atoms with Crippen LogP contribution >= 0.6 is 31.9 Å². The predicted molar refractivity (Wildman–Crippen MR) is 86.1 cm³/mol. The summed E-state index contributed by atoms with van der Waals surface area (Å²) >= 11 is 7.01. The Bertz CT molecular complexity index is 570. The van der Waals surface area contributed by atoms with Crippen molar-refractivity contribution >= 4 is 31.9 Å². The van der Waals surface area contributed by atoms with Crippen molar-refractivity contribution in [2.45, 2.75) is 32.9 Å². The van der Waals surface area contributed by atoms with E-state index < -0.39 is 0 Å². The molecule has 19 heavy (non-hydrogen) atoms. The molecule has 0 spiro atoms. The van der Waals surface area contributed by atoms with Crippen molar-refractivity contribution in [2.24, 2.45) is 0 Å². The lowest BCUT2D eigenvalue weighted by Gasteiger charge is -2.19. The third-order valence-electron chi connectivity index (χ3n) is 2.65. The monoisotopic (exact) mass is 385 g/mol. The first kappa shape index (κ1) is 14.8. The summed E-state index contributed by atoms with van der Waals surface area (Å²) in [5, 5.41) is 3.41. The molecule has 0 aliphatic rings. The van der Waals surface area contributed by atoms with Gasteiger partial charge < -0.3 is 9.73 Å². The van der Waals surface area contributed by atoms with Gasteiger partial charge in [0.1, 0.15) is 11.5 Å². The lowest BCUT2D eigenvalue weighted by atomic mass is 10.1. The van der Waals surface area contributed by atoms with Crippen molar-refractivity contribution in [1.29, 1.82) is 0 Å². The topological polar surface area (TPSA) is 25.2 Å².